The van der Waals surface area contributed by atoms with Gasteiger partial charge in [0, 0.05) is 36.7 Å². The number of rotatable bonds is 9. The first-order valence-corrected chi connectivity index (χ1v) is 9.35. The van der Waals surface area contributed by atoms with Gasteiger partial charge < -0.3 is 14.6 Å². The number of para-hydroxylation sites is 1. The van der Waals surface area contributed by atoms with Gasteiger partial charge in [-0.3, -0.25) is 9.59 Å². The van der Waals surface area contributed by atoms with E-state index in [9.17, 15) is 9.59 Å². The Kier molecular flexibility index (Phi) is 6.91. The number of aliphatic carboxylic acids is 1. The first kappa shape index (κ1) is 20.5. The van der Waals surface area contributed by atoms with E-state index in [1.54, 1.807) is 6.07 Å². The van der Waals surface area contributed by atoms with Crippen molar-refractivity contribution in [3.05, 3.63) is 23.8 Å². The summed E-state index contributed by atoms with van der Waals surface area (Å²) in [6, 6.07) is 5.67. The second kappa shape index (κ2) is 8.75. The zero-order valence-corrected chi connectivity index (χ0v) is 16.4. The third-order valence-electron chi connectivity index (χ3n) is 3.80. The first-order valence-electron chi connectivity index (χ1n) is 8.58. The lowest BCUT2D eigenvalue weighted by molar-refractivity contribution is -0.137. The number of nitrogens with one attached hydrogen (secondary N) is 1. The molecule has 1 aromatic carbocycles. The molecule has 8 heteroatoms. The minimum Gasteiger partial charge on any atom is -0.483 e. The number of fused-ring (bicyclic) bond motifs is 1. The van der Waals surface area contributed by atoms with Crippen LogP contribution in [0.3, 0.4) is 0 Å². The minimum atomic E-state index is -0.850. The Labute approximate surface area is 158 Å². The number of carboxylic acids is 1. The van der Waals surface area contributed by atoms with Crippen LogP contribution in [0.4, 0.5) is 0 Å². The molecular weight excluding hydrogens is 356 g/mol. The smallest absolute Gasteiger partial charge is 0.326 e. The molecule has 2 rings (SSSR count). The molecule has 0 radical (unpaired) electrons. The number of nitrogens with zero attached hydrogens (tertiary/aromatic N) is 1. The van der Waals surface area contributed by atoms with Gasteiger partial charge in [0.2, 0.25) is 0 Å². The predicted octanol–water partition coefficient (Wildman–Crippen LogP) is 2.64. The third kappa shape index (κ3) is 5.89. The Bertz CT molecular complexity index is 663. The summed E-state index contributed by atoms with van der Waals surface area (Å²) in [4.78, 5) is 22.8. The number of hydrogen-bond donors (Lipinski definition) is 2. The Morgan fingerprint density at radius 1 is 1.42 bits per heavy atom. The van der Waals surface area contributed by atoms with E-state index in [-0.39, 0.29) is 24.6 Å². The number of carboxylic acid groups (broad SMARTS) is 1. The van der Waals surface area contributed by atoms with Crippen LogP contribution in [0.1, 0.15) is 39.7 Å². The molecule has 0 aliphatic carbocycles. The Hall–Kier alpha value is -1.77. The molecule has 1 aliphatic rings. The van der Waals surface area contributed by atoms with E-state index in [1.807, 2.05) is 44.1 Å². The van der Waals surface area contributed by atoms with Gasteiger partial charge in [-0.15, -0.1) is 0 Å². The maximum atomic E-state index is 12.1. The zero-order chi connectivity index (χ0) is 19.3. The zero-order valence-electron chi connectivity index (χ0n) is 15.6. The van der Waals surface area contributed by atoms with E-state index >= 15 is 0 Å². The molecule has 0 fully saturated rings. The monoisotopic (exact) mass is 382 g/mol. The highest BCUT2D eigenvalue weighted by Crippen LogP contribution is 2.41. The number of benzene rings is 1. The summed E-state index contributed by atoms with van der Waals surface area (Å²) in [7, 11) is 0. The molecule has 0 atom stereocenters. The van der Waals surface area contributed by atoms with Crippen LogP contribution in [-0.4, -0.2) is 46.1 Å². The fourth-order valence-electron chi connectivity index (χ4n) is 2.62. The second-order valence-electron chi connectivity index (χ2n) is 7.05. The van der Waals surface area contributed by atoms with Crippen LogP contribution in [0, 0.1) is 0 Å². The molecule has 144 valence electrons. The molecule has 26 heavy (non-hydrogen) atoms. The summed E-state index contributed by atoms with van der Waals surface area (Å²) >= 11 is 1.22. The predicted molar refractivity (Wildman–Crippen MR) is 100 cm³/mol. The van der Waals surface area contributed by atoms with E-state index < -0.39 is 11.9 Å². The largest absolute Gasteiger partial charge is 0.483 e. The first-order chi connectivity index (χ1) is 12.2. The summed E-state index contributed by atoms with van der Waals surface area (Å²) in [6.45, 7) is 8.29. The van der Waals surface area contributed by atoms with Gasteiger partial charge in [0.1, 0.15) is 12.1 Å². The van der Waals surface area contributed by atoms with Crippen LogP contribution in [0.2, 0.25) is 0 Å². The van der Waals surface area contributed by atoms with Gasteiger partial charge in [0.15, 0.2) is 11.5 Å². The van der Waals surface area contributed by atoms with Crippen molar-refractivity contribution in [1.29, 1.82) is 0 Å². The molecule has 0 saturated carbocycles. The van der Waals surface area contributed by atoms with Gasteiger partial charge in [-0.1, -0.05) is 12.1 Å². The van der Waals surface area contributed by atoms with Gasteiger partial charge in [-0.25, -0.2) is 9.03 Å². The van der Waals surface area contributed by atoms with Crippen molar-refractivity contribution in [2.75, 3.05) is 13.1 Å². The van der Waals surface area contributed by atoms with Crippen LogP contribution in [0.25, 0.3) is 0 Å². The molecule has 1 aromatic rings. The number of carbonyl (C=O) groups is 2. The van der Waals surface area contributed by atoms with Crippen molar-refractivity contribution in [2.45, 2.75) is 52.2 Å². The van der Waals surface area contributed by atoms with E-state index in [2.05, 4.69) is 4.72 Å². The lowest BCUT2D eigenvalue weighted by Gasteiger charge is -2.24. The maximum absolute atomic E-state index is 12.1. The number of hydrogen-bond acceptors (Lipinski definition) is 7. The van der Waals surface area contributed by atoms with Gasteiger partial charge in [-0.05, 0) is 33.8 Å². The SMILES string of the molecule is CC(C)N(CCC(=O)O)SNCC(=O)Oc1cccc2c1OC(C)(C)C2. The van der Waals surface area contributed by atoms with Crippen LogP contribution in [-0.2, 0) is 16.0 Å². The standard InChI is InChI=1S/C18H26N2O5S/c1-12(2)20(9-8-15(21)22)26-19-11-16(23)24-14-7-5-6-13-10-18(3,4)25-17(13)14/h5-7,12,19H,8-11H2,1-4H3,(H,21,22). The fourth-order valence-corrected chi connectivity index (χ4v) is 3.36. The second-order valence-corrected chi connectivity index (χ2v) is 7.99. The highest BCUT2D eigenvalue weighted by molar-refractivity contribution is 7.95. The Morgan fingerprint density at radius 2 is 2.15 bits per heavy atom. The lowest BCUT2D eigenvalue weighted by atomic mass is 10.0. The van der Waals surface area contributed by atoms with Gasteiger partial charge in [0.25, 0.3) is 0 Å². The van der Waals surface area contributed by atoms with Gasteiger partial charge in [-0.2, -0.15) is 0 Å². The highest BCUT2D eigenvalue weighted by Gasteiger charge is 2.32. The van der Waals surface area contributed by atoms with E-state index in [0.717, 1.165) is 12.0 Å². The Morgan fingerprint density at radius 3 is 2.81 bits per heavy atom. The molecule has 0 spiro atoms. The summed E-state index contributed by atoms with van der Waals surface area (Å²) < 4.78 is 16.1. The molecule has 1 aliphatic heterocycles. The molecule has 1 heterocycles. The maximum Gasteiger partial charge on any atom is 0.326 e. The Balaban J connectivity index is 1.85. The van der Waals surface area contributed by atoms with Gasteiger partial charge >= 0.3 is 11.9 Å². The van der Waals surface area contributed by atoms with Crippen molar-refractivity contribution in [2.24, 2.45) is 0 Å². The summed E-state index contributed by atoms with van der Waals surface area (Å²) in [5, 5.41) is 8.79. The van der Waals surface area contributed by atoms with Gasteiger partial charge in [0.05, 0.1) is 6.42 Å². The van der Waals surface area contributed by atoms with Crippen LogP contribution in [0.15, 0.2) is 18.2 Å². The lowest BCUT2D eigenvalue weighted by Crippen LogP contribution is -2.32. The van der Waals surface area contributed by atoms with Crippen LogP contribution >= 0.6 is 12.1 Å². The van der Waals surface area contributed by atoms with E-state index in [1.165, 1.54) is 12.1 Å². The average Bonchev–Trinajstić information content (AvgIpc) is 2.85. The molecule has 0 unspecified atom stereocenters. The van der Waals surface area contributed by atoms with Crippen molar-refractivity contribution >= 4 is 24.1 Å². The van der Waals surface area contributed by atoms with Crippen LogP contribution < -0.4 is 14.2 Å². The van der Waals surface area contributed by atoms with Crippen molar-refractivity contribution < 1.29 is 24.2 Å². The summed E-state index contributed by atoms with van der Waals surface area (Å²) in [5.74, 6) is -0.224. The molecule has 0 saturated heterocycles. The topological polar surface area (TPSA) is 88.1 Å². The third-order valence-corrected chi connectivity index (χ3v) is 4.91. The quantitative estimate of drug-likeness (QED) is 0.383. The molecule has 0 aromatic heterocycles. The average molecular weight is 382 g/mol. The van der Waals surface area contributed by atoms with Crippen molar-refractivity contribution in [3.8, 4) is 11.5 Å². The summed E-state index contributed by atoms with van der Waals surface area (Å²) in [5.41, 5.74) is 0.725. The molecule has 0 amide bonds. The van der Waals surface area contributed by atoms with E-state index in [4.69, 9.17) is 14.6 Å². The van der Waals surface area contributed by atoms with E-state index in [0.29, 0.717) is 18.0 Å². The molecule has 7 nitrogen and oxygen atoms in total. The molecule has 2 N–H and O–H groups in total. The summed E-state index contributed by atoms with van der Waals surface area (Å²) in [6.07, 6.45) is 0.815. The number of ether oxygens (including phenoxy) is 2. The highest BCUT2D eigenvalue weighted by atomic mass is 32.2. The van der Waals surface area contributed by atoms with Crippen molar-refractivity contribution in [1.82, 2.24) is 9.03 Å². The molecular formula is C18H26N2O5S. The van der Waals surface area contributed by atoms with Crippen molar-refractivity contribution in [3.63, 3.8) is 0 Å². The number of esters is 1. The normalized spacial score (nSPS) is 15.0. The fraction of sp³-hybridized carbons (Fsp3) is 0.556. The molecule has 0 bridgehead atoms. The number of carbonyl (C=O) groups excluding carboxylic acids is 1. The minimum absolute atomic E-state index is 0.00593. The van der Waals surface area contributed by atoms with Crippen LogP contribution in [0.5, 0.6) is 11.5 Å².